The molecule has 1 heterocycles. The third kappa shape index (κ3) is 12.2. The van der Waals surface area contributed by atoms with Gasteiger partial charge in [0.15, 0.2) is 0 Å². The fourth-order valence-corrected chi connectivity index (χ4v) is 8.42. The molecule has 77 heavy (non-hydrogen) atoms. The average molecular weight is 1130 g/mol. The molecular formula is C49H24BF24NO2. The largest absolute Gasteiger partial charge is 0.416 e. The van der Waals surface area contributed by atoms with Crippen LogP contribution in [0.25, 0.3) is 21.9 Å². The highest BCUT2D eigenvalue weighted by Gasteiger charge is 2.47. The molecule has 0 bridgehead atoms. The molecule has 7 aromatic carbocycles. The zero-order chi connectivity index (χ0) is 57.3. The van der Waals surface area contributed by atoms with Crippen LogP contribution in [0.3, 0.4) is 0 Å². The van der Waals surface area contributed by atoms with Crippen LogP contribution >= 0.6 is 0 Å². The van der Waals surface area contributed by atoms with Crippen molar-refractivity contribution in [3.8, 4) is 5.75 Å². The van der Waals surface area contributed by atoms with Crippen LogP contribution in [-0.2, 0) is 49.4 Å². The minimum absolute atomic E-state index is 0.691. The summed E-state index contributed by atoms with van der Waals surface area (Å²) in [6.07, 6.45) is -53.2. The number of fused-ring (bicyclic) bond motifs is 2. The standard InChI is InChI=1S/C32H12BF24.C17H12NO2/c34-25(35,36)13-1-14(26(37,38)39)6-21(5-13)33(22-7-15(27(40,41)42)2-16(8-22)28(43,44)45,23-9-17(29(46,47)48)3-18(10-23)30(49,50)51)24-11-19(31(52,53)54)4-20(12-24)32(55,56)57;1-2-8-14-13(6-1)7-5-11-16(14)20-18-12-19-17-10-4-3-9-15(17)18/h1-12H;1-12H/q-1;+1. The van der Waals surface area contributed by atoms with Crippen molar-refractivity contribution in [2.45, 2.75) is 49.4 Å². The van der Waals surface area contributed by atoms with Crippen molar-refractivity contribution in [1.29, 1.82) is 0 Å². The average Bonchev–Trinajstić information content (AvgIpc) is 3.72. The van der Waals surface area contributed by atoms with Crippen molar-refractivity contribution in [2.24, 2.45) is 0 Å². The Balaban J connectivity index is 0.000000353. The summed E-state index contributed by atoms with van der Waals surface area (Å²) >= 11 is 0. The number of halogens is 24. The summed E-state index contributed by atoms with van der Waals surface area (Å²) in [7, 11) is 0. The van der Waals surface area contributed by atoms with E-state index in [2.05, 4.69) is 12.1 Å². The number of alkyl halides is 24. The first-order chi connectivity index (χ1) is 35.2. The molecule has 0 fully saturated rings. The summed E-state index contributed by atoms with van der Waals surface area (Å²) in [6, 6.07) is 13.1. The molecule has 28 heteroatoms. The first kappa shape index (κ1) is 57.2. The van der Waals surface area contributed by atoms with E-state index in [9.17, 15) is 105 Å². The van der Waals surface area contributed by atoms with Gasteiger partial charge in [0.25, 0.3) is 0 Å². The molecule has 0 unspecified atom stereocenters. The second kappa shape index (κ2) is 19.5. The van der Waals surface area contributed by atoms with Crippen molar-refractivity contribution < 1.29 is 119 Å². The van der Waals surface area contributed by atoms with Crippen LogP contribution < -0.4 is 31.4 Å². The normalized spacial score (nSPS) is 13.5. The van der Waals surface area contributed by atoms with Crippen LogP contribution in [0.15, 0.2) is 150 Å². The highest BCUT2D eigenvalue weighted by molar-refractivity contribution is 7.20. The topological polar surface area (TPSA) is 26.2 Å². The van der Waals surface area contributed by atoms with Gasteiger partial charge in [-0.2, -0.15) is 127 Å². The van der Waals surface area contributed by atoms with Crippen molar-refractivity contribution in [1.82, 2.24) is 0 Å². The zero-order valence-electron chi connectivity index (χ0n) is 37.3. The summed E-state index contributed by atoms with van der Waals surface area (Å²) in [6.45, 7) is 0. The first-order valence-corrected chi connectivity index (χ1v) is 21.1. The van der Waals surface area contributed by atoms with E-state index in [0.29, 0.717) is 0 Å². The monoisotopic (exact) mass is 1130 g/mol. The number of para-hydroxylation sites is 2. The number of rotatable bonds is 6. The van der Waals surface area contributed by atoms with E-state index >= 15 is 0 Å². The van der Waals surface area contributed by atoms with Crippen LogP contribution in [0, 0.1) is 0 Å². The van der Waals surface area contributed by atoms with E-state index in [0.717, 1.165) is 27.6 Å². The van der Waals surface area contributed by atoms with Crippen LogP contribution in [0.1, 0.15) is 44.5 Å². The maximum atomic E-state index is 14.2. The van der Waals surface area contributed by atoms with Gasteiger partial charge in [-0.05, 0) is 41.8 Å². The Bertz CT molecular complexity index is 3020. The highest BCUT2D eigenvalue weighted by Crippen LogP contribution is 2.41. The summed E-state index contributed by atoms with van der Waals surface area (Å²) in [5.41, 5.74) is -28.5. The number of oxazole rings is 1. The predicted octanol–water partition coefficient (Wildman–Crippen LogP) is 14.9. The summed E-state index contributed by atoms with van der Waals surface area (Å²) in [5, 5.41) is 2.23. The molecule has 0 aliphatic rings. The minimum atomic E-state index is -6.13. The van der Waals surface area contributed by atoms with Crippen LogP contribution in [-0.4, -0.2) is 6.15 Å². The smallest absolute Gasteiger partial charge is 0.400 e. The lowest BCUT2D eigenvalue weighted by Crippen LogP contribution is -2.75. The van der Waals surface area contributed by atoms with Crippen molar-refractivity contribution >= 4 is 49.9 Å². The van der Waals surface area contributed by atoms with E-state index in [4.69, 9.17) is 9.25 Å². The first-order valence-electron chi connectivity index (χ1n) is 21.1. The summed E-state index contributed by atoms with van der Waals surface area (Å²) in [4.78, 5) is 5.97. The molecule has 0 saturated heterocycles. The van der Waals surface area contributed by atoms with Gasteiger partial charge in [-0.3, -0.25) is 0 Å². The Morgan fingerprint density at radius 3 is 0.935 bits per heavy atom. The van der Waals surface area contributed by atoms with E-state index in [1.165, 1.54) is 0 Å². The number of nitrogens with zero attached hydrogens (tertiary/aromatic N) is 1. The molecule has 0 radical (unpaired) electrons. The van der Waals surface area contributed by atoms with Crippen LogP contribution in [0.4, 0.5) is 105 Å². The molecule has 0 amide bonds. The summed E-state index contributed by atoms with van der Waals surface area (Å²) in [5.74, 6) is 0.805. The summed E-state index contributed by atoms with van der Waals surface area (Å²) < 4.78 is 348. The Morgan fingerprint density at radius 2 is 0.610 bits per heavy atom. The second-order valence-corrected chi connectivity index (χ2v) is 16.8. The Kier molecular flexibility index (Phi) is 14.5. The third-order valence-electron chi connectivity index (χ3n) is 11.8. The lowest BCUT2D eigenvalue weighted by atomic mass is 9.12. The second-order valence-electron chi connectivity index (χ2n) is 16.8. The number of aromatic nitrogens is 1. The Hall–Kier alpha value is -7.55. The van der Waals surface area contributed by atoms with Gasteiger partial charge >= 0.3 is 61.3 Å². The molecule has 0 aliphatic heterocycles. The van der Waals surface area contributed by atoms with Crippen molar-refractivity contribution in [3.63, 3.8) is 0 Å². The molecule has 3 nitrogen and oxygen atoms in total. The maximum Gasteiger partial charge on any atom is 0.416 e. The van der Waals surface area contributed by atoms with Crippen LogP contribution in [0.2, 0.25) is 0 Å². The fraction of sp³-hybridized carbons (Fsp3) is 0.163. The van der Waals surface area contributed by atoms with Gasteiger partial charge in [0.1, 0.15) is 6.15 Å². The fourth-order valence-electron chi connectivity index (χ4n) is 8.42. The molecule has 0 saturated carbocycles. The predicted molar refractivity (Wildman–Crippen MR) is 226 cm³/mol. The molecular weight excluding hydrogens is 1100 g/mol. The highest BCUT2D eigenvalue weighted by atomic mass is 19.4. The maximum absolute atomic E-state index is 14.2. The molecule has 408 valence electrons. The molecule has 0 atom stereocenters. The molecule has 8 aromatic rings. The molecule has 0 aliphatic carbocycles. The SMILES string of the molecule is FC(F)(F)c1cc([B-](c2cc(C(F)(F)F)cc(C(F)(F)F)c2)(c2cc(C(F)(F)F)cc(C(F)(F)F)c2)c2cc(C(F)(F)F)cc(C(F)(F)F)c2)cc(C(F)(F)F)c1.c1ccc2c(O[n+]3coc4ccccc43)cccc2c1. The minimum Gasteiger partial charge on any atom is -0.400 e. The quantitative estimate of drug-likeness (QED) is 0.0942. The van der Waals surface area contributed by atoms with Gasteiger partial charge < -0.3 is 4.42 Å². The molecule has 0 spiro atoms. The lowest BCUT2D eigenvalue weighted by Gasteiger charge is -2.46. The van der Waals surface area contributed by atoms with Crippen molar-refractivity contribution in [2.75, 3.05) is 0 Å². The Labute approximate surface area is 414 Å². The van der Waals surface area contributed by atoms with E-state index in [1.807, 2.05) is 54.6 Å². The van der Waals surface area contributed by atoms with Gasteiger partial charge in [0.2, 0.25) is 11.3 Å². The Morgan fingerprint density at radius 1 is 0.325 bits per heavy atom. The molecule has 1 aromatic heterocycles. The van der Waals surface area contributed by atoms with Gasteiger partial charge in [-0.15, -0.1) is 0 Å². The van der Waals surface area contributed by atoms with Gasteiger partial charge in [0, 0.05) is 11.5 Å². The number of hydrogen-bond donors (Lipinski definition) is 0. The molecule has 0 N–H and O–H groups in total. The van der Waals surface area contributed by atoms with E-state index in [1.54, 1.807) is 11.1 Å². The third-order valence-corrected chi connectivity index (χ3v) is 11.8. The van der Waals surface area contributed by atoms with Crippen LogP contribution in [0.5, 0.6) is 5.75 Å². The molecule has 8 rings (SSSR count). The number of hydrogen-bond acceptors (Lipinski definition) is 2. The van der Waals surface area contributed by atoms with Crippen molar-refractivity contribution in [3.05, 3.63) is 190 Å². The lowest BCUT2D eigenvalue weighted by molar-refractivity contribution is -0.857. The van der Waals surface area contributed by atoms with E-state index in [-0.39, 0.29) is 0 Å². The van der Waals surface area contributed by atoms with Gasteiger partial charge in [0.05, 0.1) is 49.2 Å². The zero-order valence-corrected chi connectivity index (χ0v) is 37.3. The van der Waals surface area contributed by atoms with Gasteiger partial charge in [-0.25, -0.2) is 4.84 Å². The number of benzene rings is 7. The van der Waals surface area contributed by atoms with Gasteiger partial charge in [-0.1, -0.05) is 97.1 Å². The van der Waals surface area contributed by atoms with E-state index < -0.39 is 195 Å².